The second kappa shape index (κ2) is 10.5. The lowest BCUT2D eigenvalue weighted by Crippen LogP contribution is -2.14. The zero-order valence-corrected chi connectivity index (χ0v) is 15.9. The van der Waals surface area contributed by atoms with Crippen molar-refractivity contribution in [1.82, 2.24) is 0 Å². The van der Waals surface area contributed by atoms with Crippen molar-refractivity contribution >= 4 is 23.6 Å². The summed E-state index contributed by atoms with van der Waals surface area (Å²) in [6, 6.07) is 12.1. The highest BCUT2D eigenvalue weighted by Crippen LogP contribution is 2.29. The Morgan fingerprint density at radius 1 is 1.17 bits per heavy atom. The van der Waals surface area contributed by atoms with E-state index in [1.807, 2.05) is 0 Å². The third-order valence-electron chi connectivity index (χ3n) is 3.64. The van der Waals surface area contributed by atoms with Crippen LogP contribution < -0.4 is 14.8 Å². The van der Waals surface area contributed by atoms with E-state index in [1.165, 1.54) is 31.4 Å². The van der Waals surface area contributed by atoms with E-state index in [4.69, 9.17) is 9.47 Å². The number of hydrogen-bond donors (Lipinski definition) is 1. The maximum absolute atomic E-state index is 13.7. The van der Waals surface area contributed by atoms with E-state index < -0.39 is 17.7 Å². The van der Waals surface area contributed by atoms with Gasteiger partial charge in [-0.1, -0.05) is 18.2 Å². The molecule has 7 nitrogen and oxygen atoms in total. The van der Waals surface area contributed by atoms with Crippen molar-refractivity contribution in [2.24, 2.45) is 0 Å². The number of anilines is 1. The van der Waals surface area contributed by atoms with E-state index in [0.29, 0.717) is 23.7 Å². The Balaban J connectivity index is 2.24. The summed E-state index contributed by atoms with van der Waals surface area (Å²) in [6.07, 6.45) is 1.34. The topological polar surface area (TPSA) is 97.6 Å². The molecule has 1 N–H and O–H groups in total. The molecule has 0 aliphatic carbocycles. The van der Waals surface area contributed by atoms with Gasteiger partial charge in [-0.25, -0.2) is 9.18 Å². The fourth-order valence-corrected chi connectivity index (χ4v) is 2.27. The maximum atomic E-state index is 13.7. The van der Waals surface area contributed by atoms with Crippen LogP contribution in [0.4, 0.5) is 10.1 Å². The highest BCUT2D eigenvalue weighted by molar-refractivity contribution is 6.09. The zero-order chi connectivity index (χ0) is 21.2. The number of halogens is 1. The molecule has 2 rings (SSSR count). The Morgan fingerprint density at radius 2 is 1.93 bits per heavy atom. The van der Waals surface area contributed by atoms with Gasteiger partial charge in [-0.3, -0.25) is 4.79 Å². The molecule has 0 saturated heterocycles. The van der Waals surface area contributed by atoms with Crippen LogP contribution in [-0.4, -0.2) is 32.2 Å². The van der Waals surface area contributed by atoms with Gasteiger partial charge in [0.25, 0.3) is 5.91 Å². The van der Waals surface area contributed by atoms with Crippen LogP contribution in [0.5, 0.6) is 11.5 Å². The molecule has 8 heteroatoms. The number of rotatable bonds is 8. The number of nitriles is 1. The second-order valence-corrected chi connectivity index (χ2v) is 5.61. The molecule has 0 bridgehead atoms. The number of benzene rings is 2. The third-order valence-corrected chi connectivity index (χ3v) is 3.64. The van der Waals surface area contributed by atoms with Gasteiger partial charge in [0, 0.05) is 0 Å². The SMILES string of the molecule is CCOc1cc(/C=C(/C#N)C(=O)Nc2ccccc2F)ccc1OCC(=O)OC. The molecule has 0 atom stereocenters. The van der Waals surface area contributed by atoms with Crippen LogP contribution in [0.25, 0.3) is 6.08 Å². The van der Waals surface area contributed by atoms with Crippen molar-refractivity contribution in [3.8, 4) is 17.6 Å². The lowest BCUT2D eigenvalue weighted by Gasteiger charge is -2.12. The maximum Gasteiger partial charge on any atom is 0.343 e. The van der Waals surface area contributed by atoms with Crippen LogP contribution in [0.15, 0.2) is 48.0 Å². The molecule has 29 heavy (non-hydrogen) atoms. The average Bonchev–Trinajstić information content (AvgIpc) is 2.72. The molecule has 2 aromatic rings. The van der Waals surface area contributed by atoms with Gasteiger partial charge in [-0.05, 0) is 42.8 Å². The van der Waals surface area contributed by atoms with Crippen molar-refractivity contribution in [1.29, 1.82) is 5.26 Å². The lowest BCUT2D eigenvalue weighted by molar-refractivity contribution is -0.142. The number of carbonyl (C=O) groups excluding carboxylic acids is 2. The summed E-state index contributed by atoms with van der Waals surface area (Å²) in [6.45, 7) is 1.82. The number of carbonyl (C=O) groups is 2. The van der Waals surface area contributed by atoms with Crippen LogP contribution in [-0.2, 0) is 14.3 Å². The molecule has 0 radical (unpaired) electrons. The van der Waals surface area contributed by atoms with Crippen LogP contribution in [0, 0.1) is 17.1 Å². The summed E-state index contributed by atoms with van der Waals surface area (Å²) >= 11 is 0. The zero-order valence-electron chi connectivity index (χ0n) is 15.9. The van der Waals surface area contributed by atoms with Gasteiger partial charge in [0.2, 0.25) is 0 Å². The Morgan fingerprint density at radius 3 is 2.59 bits per heavy atom. The first-order valence-electron chi connectivity index (χ1n) is 8.62. The quantitative estimate of drug-likeness (QED) is 0.416. The minimum Gasteiger partial charge on any atom is -0.490 e. The van der Waals surface area contributed by atoms with E-state index >= 15 is 0 Å². The first kappa shape index (κ1) is 21.4. The van der Waals surface area contributed by atoms with Crippen molar-refractivity contribution in [3.63, 3.8) is 0 Å². The fourth-order valence-electron chi connectivity index (χ4n) is 2.27. The number of hydrogen-bond acceptors (Lipinski definition) is 6. The smallest absolute Gasteiger partial charge is 0.343 e. The monoisotopic (exact) mass is 398 g/mol. The highest BCUT2D eigenvalue weighted by atomic mass is 19.1. The summed E-state index contributed by atoms with van der Waals surface area (Å²) in [5.41, 5.74) is 0.234. The average molecular weight is 398 g/mol. The largest absolute Gasteiger partial charge is 0.490 e. The molecule has 2 aromatic carbocycles. The molecule has 0 aliphatic rings. The number of nitrogens with zero attached hydrogens (tertiary/aromatic N) is 1. The Kier molecular flexibility index (Phi) is 7.74. The molecule has 0 aromatic heterocycles. The summed E-state index contributed by atoms with van der Waals surface area (Å²) in [4.78, 5) is 23.6. The Hall–Kier alpha value is -3.86. The van der Waals surface area contributed by atoms with Crippen molar-refractivity contribution < 1.29 is 28.2 Å². The van der Waals surface area contributed by atoms with E-state index in [2.05, 4.69) is 10.1 Å². The van der Waals surface area contributed by atoms with Crippen LogP contribution in [0.1, 0.15) is 12.5 Å². The third kappa shape index (κ3) is 6.07. The normalized spacial score (nSPS) is 10.6. The molecule has 0 unspecified atom stereocenters. The first-order chi connectivity index (χ1) is 14.0. The van der Waals surface area contributed by atoms with Crippen LogP contribution >= 0.6 is 0 Å². The van der Waals surface area contributed by atoms with E-state index in [-0.39, 0.29) is 17.9 Å². The minimum atomic E-state index is -0.749. The van der Waals surface area contributed by atoms with Gasteiger partial charge in [0.05, 0.1) is 19.4 Å². The van der Waals surface area contributed by atoms with E-state index in [9.17, 15) is 19.2 Å². The molecule has 0 heterocycles. The molecule has 0 fully saturated rings. The van der Waals surface area contributed by atoms with Crippen molar-refractivity contribution in [2.75, 3.05) is 25.6 Å². The highest BCUT2D eigenvalue weighted by Gasteiger charge is 2.13. The van der Waals surface area contributed by atoms with Gasteiger partial charge in [-0.15, -0.1) is 0 Å². The minimum absolute atomic E-state index is 0.0276. The molecule has 1 amide bonds. The van der Waals surface area contributed by atoms with E-state index in [1.54, 1.807) is 37.3 Å². The molecular weight excluding hydrogens is 379 g/mol. The lowest BCUT2D eigenvalue weighted by atomic mass is 10.1. The van der Waals surface area contributed by atoms with Gasteiger partial charge in [0.15, 0.2) is 18.1 Å². The summed E-state index contributed by atoms with van der Waals surface area (Å²) in [5.74, 6) is -1.26. The summed E-state index contributed by atoms with van der Waals surface area (Å²) in [5, 5.41) is 11.7. The molecule has 0 aliphatic heterocycles. The summed E-state index contributed by atoms with van der Waals surface area (Å²) in [7, 11) is 1.25. The Bertz CT molecular complexity index is 966. The summed E-state index contributed by atoms with van der Waals surface area (Å²) < 4.78 is 29.1. The number of amides is 1. The number of methoxy groups -OCH3 is 1. The molecular formula is C21H19FN2O5. The van der Waals surface area contributed by atoms with Gasteiger partial charge < -0.3 is 19.5 Å². The molecule has 0 spiro atoms. The predicted octanol–water partition coefficient (Wildman–Crippen LogP) is 3.32. The molecule has 150 valence electrons. The van der Waals surface area contributed by atoms with Gasteiger partial charge in [-0.2, -0.15) is 5.26 Å². The van der Waals surface area contributed by atoms with Crippen LogP contribution in [0.3, 0.4) is 0 Å². The van der Waals surface area contributed by atoms with Crippen molar-refractivity contribution in [3.05, 3.63) is 59.4 Å². The molecule has 0 saturated carbocycles. The standard InChI is InChI=1S/C21H19FN2O5/c1-3-28-19-11-14(8-9-18(19)29-13-20(25)27-2)10-15(12-23)21(26)24-17-7-5-4-6-16(17)22/h4-11H,3,13H2,1-2H3,(H,24,26)/b15-10-. The van der Waals surface area contributed by atoms with Gasteiger partial charge in [0.1, 0.15) is 17.5 Å². The number of esters is 1. The van der Waals surface area contributed by atoms with Crippen molar-refractivity contribution in [2.45, 2.75) is 6.92 Å². The first-order valence-corrected chi connectivity index (χ1v) is 8.62. The Labute approximate surface area is 167 Å². The number of ether oxygens (including phenoxy) is 3. The van der Waals surface area contributed by atoms with Crippen LogP contribution in [0.2, 0.25) is 0 Å². The number of nitrogens with one attached hydrogen (secondary N) is 1. The predicted molar refractivity (Wildman–Crippen MR) is 104 cm³/mol. The second-order valence-electron chi connectivity index (χ2n) is 5.61. The van der Waals surface area contributed by atoms with Gasteiger partial charge >= 0.3 is 5.97 Å². The fraction of sp³-hybridized carbons (Fsp3) is 0.190. The number of para-hydroxylation sites is 1. The van der Waals surface area contributed by atoms with E-state index in [0.717, 1.165) is 0 Å².